The Kier molecular flexibility index (Phi) is 3.23. The van der Waals surface area contributed by atoms with E-state index in [9.17, 15) is 8.78 Å². The molecule has 0 saturated carbocycles. The van der Waals surface area contributed by atoms with Crippen molar-refractivity contribution in [3.8, 4) is 0 Å². The second kappa shape index (κ2) is 4.67. The van der Waals surface area contributed by atoms with Gasteiger partial charge < -0.3 is 15.4 Å². The molecule has 0 atom stereocenters. The summed E-state index contributed by atoms with van der Waals surface area (Å²) in [4.78, 5) is 1.60. The molecule has 0 amide bonds. The van der Waals surface area contributed by atoms with Crippen molar-refractivity contribution < 1.29 is 13.5 Å². The van der Waals surface area contributed by atoms with Gasteiger partial charge in [0.2, 0.25) is 0 Å². The van der Waals surface area contributed by atoms with E-state index in [1.807, 2.05) is 0 Å². The highest BCUT2D eigenvalue weighted by molar-refractivity contribution is 5.95. The molecule has 1 fully saturated rings. The molecular weight excluding hydrogens is 228 g/mol. The van der Waals surface area contributed by atoms with Crippen LogP contribution in [0.3, 0.4) is 0 Å². The van der Waals surface area contributed by atoms with Crippen LogP contribution in [0.25, 0.3) is 0 Å². The predicted octanol–water partition coefficient (Wildman–Crippen LogP) is 1.09. The molecule has 1 aliphatic rings. The molecule has 0 aromatic heterocycles. The van der Waals surface area contributed by atoms with Crippen molar-refractivity contribution in [3.05, 3.63) is 29.3 Å². The van der Waals surface area contributed by atoms with E-state index >= 15 is 0 Å². The van der Waals surface area contributed by atoms with Crippen molar-refractivity contribution in [1.29, 1.82) is 5.41 Å². The molecule has 1 aliphatic heterocycles. The van der Waals surface area contributed by atoms with E-state index in [0.717, 1.165) is 12.1 Å². The van der Waals surface area contributed by atoms with Gasteiger partial charge in [0, 0.05) is 18.7 Å². The van der Waals surface area contributed by atoms with Crippen LogP contribution in [0.1, 0.15) is 5.56 Å². The predicted molar refractivity (Wildman–Crippen MR) is 60.4 cm³/mol. The Bertz CT molecular complexity index is 421. The highest BCUT2D eigenvalue weighted by Gasteiger charge is 2.20. The minimum Gasteiger partial charge on any atom is -0.384 e. The molecule has 3 N–H and O–H groups in total. The Labute approximate surface area is 97.5 Å². The fourth-order valence-electron chi connectivity index (χ4n) is 1.81. The molecule has 1 heterocycles. The summed E-state index contributed by atoms with van der Waals surface area (Å²) in [5.41, 5.74) is 5.18. The maximum absolute atomic E-state index is 13.8. The average molecular weight is 241 g/mol. The summed E-state index contributed by atoms with van der Waals surface area (Å²) in [5, 5.41) is 7.15. The SMILES string of the molecule is N=C(N)c1cc(F)c(N2CCOCC2)c(F)c1. The number of hydrogen-bond donors (Lipinski definition) is 2. The molecule has 4 nitrogen and oxygen atoms in total. The van der Waals surface area contributed by atoms with Gasteiger partial charge in [-0.15, -0.1) is 0 Å². The van der Waals surface area contributed by atoms with Crippen molar-refractivity contribution in [2.24, 2.45) is 5.73 Å². The van der Waals surface area contributed by atoms with Crippen LogP contribution >= 0.6 is 0 Å². The molecule has 92 valence electrons. The number of rotatable bonds is 2. The Morgan fingerprint density at radius 2 is 1.76 bits per heavy atom. The fraction of sp³-hybridized carbons (Fsp3) is 0.364. The first-order chi connectivity index (χ1) is 8.09. The Morgan fingerprint density at radius 3 is 2.24 bits per heavy atom. The van der Waals surface area contributed by atoms with Crippen molar-refractivity contribution >= 4 is 11.5 Å². The minimum absolute atomic E-state index is 0.0528. The van der Waals surface area contributed by atoms with Crippen LogP contribution in [0.5, 0.6) is 0 Å². The van der Waals surface area contributed by atoms with Crippen molar-refractivity contribution in [2.75, 3.05) is 31.2 Å². The number of ether oxygens (including phenoxy) is 1. The van der Waals surface area contributed by atoms with Crippen LogP contribution in [-0.2, 0) is 4.74 Å². The number of amidine groups is 1. The van der Waals surface area contributed by atoms with Crippen molar-refractivity contribution in [3.63, 3.8) is 0 Å². The zero-order valence-electron chi connectivity index (χ0n) is 9.17. The third-order valence-electron chi connectivity index (χ3n) is 2.66. The second-order valence-corrected chi connectivity index (χ2v) is 3.80. The summed E-state index contributed by atoms with van der Waals surface area (Å²) in [6, 6.07) is 2.16. The van der Waals surface area contributed by atoms with Crippen LogP contribution in [0, 0.1) is 17.0 Å². The first kappa shape index (κ1) is 11.8. The lowest BCUT2D eigenvalue weighted by molar-refractivity contribution is 0.122. The number of nitrogen functional groups attached to an aromatic ring is 1. The van der Waals surface area contributed by atoms with Crippen molar-refractivity contribution in [1.82, 2.24) is 0 Å². The second-order valence-electron chi connectivity index (χ2n) is 3.80. The molecular formula is C11H13F2N3O. The number of anilines is 1. The van der Waals surface area contributed by atoms with E-state index in [1.54, 1.807) is 4.90 Å². The average Bonchev–Trinajstić information content (AvgIpc) is 2.29. The molecule has 2 rings (SSSR count). The number of nitrogens with one attached hydrogen (secondary N) is 1. The zero-order valence-corrected chi connectivity index (χ0v) is 9.17. The van der Waals surface area contributed by atoms with Crippen LogP contribution in [-0.4, -0.2) is 32.1 Å². The number of morpholine rings is 1. The summed E-state index contributed by atoms with van der Waals surface area (Å²) >= 11 is 0. The van der Waals surface area contributed by atoms with Gasteiger partial charge >= 0.3 is 0 Å². The van der Waals surface area contributed by atoms with Gasteiger partial charge in [-0.2, -0.15) is 0 Å². The van der Waals surface area contributed by atoms with Gasteiger partial charge in [-0.1, -0.05) is 0 Å². The van der Waals surface area contributed by atoms with Gasteiger partial charge in [-0.25, -0.2) is 8.78 Å². The van der Waals surface area contributed by atoms with Crippen LogP contribution < -0.4 is 10.6 Å². The summed E-state index contributed by atoms with van der Waals surface area (Å²) in [6.45, 7) is 1.81. The zero-order chi connectivity index (χ0) is 12.4. The van der Waals surface area contributed by atoms with E-state index in [2.05, 4.69) is 0 Å². The maximum atomic E-state index is 13.8. The van der Waals surface area contributed by atoms with Gasteiger partial charge in [0.15, 0.2) is 0 Å². The van der Waals surface area contributed by atoms with Gasteiger partial charge in [0.1, 0.15) is 23.2 Å². The van der Waals surface area contributed by atoms with Crippen LogP contribution in [0.4, 0.5) is 14.5 Å². The lowest BCUT2D eigenvalue weighted by atomic mass is 10.1. The monoisotopic (exact) mass is 241 g/mol. The molecule has 1 aromatic rings. The van der Waals surface area contributed by atoms with Crippen LogP contribution in [0.2, 0.25) is 0 Å². The molecule has 0 unspecified atom stereocenters. The van der Waals surface area contributed by atoms with Crippen molar-refractivity contribution in [2.45, 2.75) is 0 Å². The quantitative estimate of drug-likeness (QED) is 0.601. The smallest absolute Gasteiger partial charge is 0.150 e. The summed E-state index contributed by atoms with van der Waals surface area (Å²) in [6.07, 6.45) is 0. The summed E-state index contributed by atoms with van der Waals surface area (Å²) in [5.74, 6) is -1.74. The highest BCUT2D eigenvalue weighted by atomic mass is 19.1. The molecule has 1 saturated heterocycles. The van der Waals surface area contributed by atoms with E-state index in [1.165, 1.54) is 0 Å². The first-order valence-electron chi connectivity index (χ1n) is 5.25. The number of hydrogen-bond acceptors (Lipinski definition) is 3. The van der Waals surface area contributed by atoms with E-state index in [-0.39, 0.29) is 17.1 Å². The molecule has 0 spiro atoms. The summed E-state index contributed by atoms with van der Waals surface area (Å²) < 4.78 is 32.7. The first-order valence-corrected chi connectivity index (χ1v) is 5.25. The number of nitrogens with zero attached hydrogens (tertiary/aromatic N) is 1. The van der Waals surface area contributed by atoms with Gasteiger partial charge in [0.05, 0.1) is 13.2 Å². The lowest BCUT2D eigenvalue weighted by Gasteiger charge is -2.29. The number of nitrogens with two attached hydrogens (primary N) is 1. The molecule has 6 heteroatoms. The van der Waals surface area contributed by atoms with E-state index in [4.69, 9.17) is 15.9 Å². The standard InChI is InChI=1S/C11H13F2N3O/c12-8-5-7(11(14)15)6-9(13)10(8)16-1-3-17-4-2-16/h5-6H,1-4H2,(H3,14,15). The third-order valence-corrected chi connectivity index (χ3v) is 2.66. The lowest BCUT2D eigenvalue weighted by Crippen LogP contribution is -2.37. The highest BCUT2D eigenvalue weighted by Crippen LogP contribution is 2.25. The molecule has 0 bridgehead atoms. The molecule has 0 radical (unpaired) electrons. The number of halogens is 2. The molecule has 17 heavy (non-hydrogen) atoms. The largest absolute Gasteiger partial charge is 0.384 e. The minimum atomic E-state index is -0.697. The van der Waals surface area contributed by atoms with Gasteiger partial charge in [-0.05, 0) is 12.1 Å². The maximum Gasteiger partial charge on any atom is 0.150 e. The van der Waals surface area contributed by atoms with E-state index in [0.29, 0.717) is 26.3 Å². The summed E-state index contributed by atoms with van der Waals surface area (Å²) in [7, 11) is 0. The Morgan fingerprint density at radius 1 is 1.24 bits per heavy atom. The number of benzene rings is 1. The fourth-order valence-corrected chi connectivity index (χ4v) is 1.81. The normalized spacial score (nSPS) is 16.0. The topological polar surface area (TPSA) is 62.3 Å². The molecule has 0 aliphatic carbocycles. The third kappa shape index (κ3) is 2.36. The van der Waals surface area contributed by atoms with Gasteiger partial charge in [-0.3, -0.25) is 5.41 Å². The van der Waals surface area contributed by atoms with E-state index < -0.39 is 11.6 Å². The van der Waals surface area contributed by atoms with Gasteiger partial charge in [0.25, 0.3) is 0 Å². The Hall–Kier alpha value is -1.69. The molecule has 1 aromatic carbocycles. The Balaban J connectivity index is 2.37. The van der Waals surface area contributed by atoms with Crippen LogP contribution in [0.15, 0.2) is 12.1 Å².